The lowest BCUT2D eigenvalue weighted by Crippen LogP contribution is -2.42. The van der Waals surface area contributed by atoms with Crippen molar-refractivity contribution in [1.82, 2.24) is 15.3 Å². The largest absolute Gasteiger partial charge is 0.354 e. The highest BCUT2D eigenvalue weighted by Crippen LogP contribution is 2.21. The Bertz CT molecular complexity index is 427. The van der Waals surface area contributed by atoms with E-state index in [4.69, 9.17) is 11.6 Å². The Morgan fingerprint density at radius 2 is 1.95 bits per heavy atom. The minimum Gasteiger partial charge on any atom is -0.354 e. The van der Waals surface area contributed by atoms with E-state index >= 15 is 0 Å². The summed E-state index contributed by atoms with van der Waals surface area (Å²) >= 11 is 5.77. The van der Waals surface area contributed by atoms with Crippen molar-refractivity contribution < 1.29 is 4.79 Å². The van der Waals surface area contributed by atoms with E-state index in [-0.39, 0.29) is 17.9 Å². The van der Waals surface area contributed by atoms with Gasteiger partial charge in [0.25, 0.3) is 0 Å². The summed E-state index contributed by atoms with van der Waals surface area (Å²) in [7, 11) is 0. The van der Waals surface area contributed by atoms with Crippen LogP contribution in [-0.4, -0.2) is 35.0 Å². The van der Waals surface area contributed by atoms with Crippen LogP contribution in [0, 0.1) is 5.92 Å². The van der Waals surface area contributed by atoms with Gasteiger partial charge in [-0.05, 0) is 26.7 Å². The maximum atomic E-state index is 11.9. The van der Waals surface area contributed by atoms with Crippen LogP contribution in [0.15, 0.2) is 12.4 Å². The number of nitrogens with one attached hydrogen (secondary N) is 1. The minimum absolute atomic E-state index is 0.103. The molecule has 1 amide bonds. The first-order valence-electron chi connectivity index (χ1n) is 6.59. The number of hydrogen-bond acceptors (Lipinski definition) is 4. The van der Waals surface area contributed by atoms with Crippen molar-refractivity contribution in [2.75, 3.05) is 18.0 Å². The molecule has 0 bridgehead atoms. The van der Waals surface area contributed by atoms with Crippen molar-refractivity contribution in [2.45, 2.75) is 32.7 Å². The van der Waals surface area contributed by atoms with E-state index in [1.807, 2.05) is 13.8 Å². The van der Waals surface area contributed by atoms with E-state index < -0.39 is 0 Å². The molecule has 0 aromatic carbocycles. The van der Waals surface area contributed by atoms with E-state index in [0.29, 0.717) is 11.0 Å². The van der Waals surface area contributed by atoms with Crippen molar-refractivity contribution in [2.24, 2.45) is 5.92 Å². The number of hydrogen-bond donors (Lipinski definition) is 1. The second-order valence-corrected chi connectivity index (χ2v) is 5.56. The molecule has 1 saturated heterocycles. The van der Waals surface area contributed by atoms with E-state index in [0.717, 1.165) is 25.9 Å². The Morgan fingerprint density at radius 1 is 1.37 bits per heavy atom. The normalized spacial score (nSPS) is 16.7. The fourth-order valence-electron chi connectivity index (χ4n) is 2.21. The smallest absolute Gasteiger partial charge is 0.225 e. The van der Waals surface area contributed by atoms with Gasteiger partial charge in [-0.2, -0.15) is 0 Å². The van der Waals surface area contributed by atoms with Crippen LogP contribution in [0.4, 0.5) is 5.95 Å². The molecule has 1 aliphatic heterocycles. The number of amides is 1. The average Bonchev–Trinajstić information content (AvgIpc) is 2.39. The summed E-state index contributed by atoms with van der Waals surface area (Å²) in [6.45, 7) is 5.57. The lowest BCUT2D eigenvalue weighted by atomic mass is 9.96. The summed E-state index contributed by atoms with van der Waals surface area (Å²) in [6.07, 6.45) is 4.87. The van der Waals surface area contributed by atoms with Crippen molar-refractivity contribution in [1.29, 1.82) is 0 Å². The second-order valence-electron chi connectivity index (χ2n) is 5.13. The van der Waals surface area contributed by atoms with Gasteiger partial charge < -0.3 is 10.2 Å². The predicted octanol–water partition coefficient (Wildman–Crippen LogP) is 1.87. The summed E-state index contributed by atoms with van der Waals surface area (Å²) in [5.74, 6) is 0.949. The number of anilines is 1. The van der Waals surface area contributed by atoms with Gasteiger partial charge in [0.15, 0.2) is 0 Å². The number of halogens is 1. The maximum absolute atomic E-state index is 11.9. The number of aromatic nitrogens is 2. The van der Waals surface area contributed by atoms with E-state index in [9.17, 15) is 4.79 Å². The third kappa shape index (κ3) is 3.80. The summed E-state index contributed by atoms with van der Waals surface area (Å²) in [5.41, 5.74) is 0. The quantitative estimate of drug-likeness (QED) is 0.919. The molecular formula is C13H19ClN4O. The van der Waals surface area contributed by atoms with E-state index in [1.165, 1.54) is 0 Å². The van der Waals surface area contributed by atoms with Crippen LogP contribution in [0.5, 0.6) is 0 Å². The molecule has 19 heavy (non-hydrogen) atoms. The minimum atomic E-state index is 0.103. The molecule has 2 rings (SSSR count). The molecule has 1 fully saturated rings. The van der Waals surface area contributed by atoms with Gasteiger partial charge in [0.1, 0.15) is 0 Å². The standard InChI is InChI=1S/C13H19ClN4O/c1-9(2)17-12(19)10-3-5-18(6-4-10)13-15-7-11(14)8-16-13/h7-10H,3-6H2,1-2H3,(H,17,19). The molecule has 0 saturated carbocycles. The fraction of sp³-hybridized carbons (Fsp3) is 0.615. The Morgan fingerprint density at radius 3 is 2.47 bits per heavy atom. The van der Waals surface area contributed by atoms with Gasteiger partial charge in [0.05, 0.1) is 17.4 Å². The lowest BCUT2D eigenvalue weighted by molar-refractivity contribution is -0.126. The molecule has 2 heterocycles. The number of carbonyl (C=O) groups is 1. The number of piperidine rings is 1. The Labute approximate surface area is 118 Å². The van der Waals surface area contributed by atoms with Crippen molar-refractivity contribution in [3.8, 4) is 0 Å². The molecule has 1 aromatic rings. The Balaban J connectivity index is 1.88. The molecule has 0 spiro atoms. The van der Waals surface area contributed by atoms with Crippen molar-refractivity contribution in [3.05, 3.63) is 17.4 Å². The highest BCUT2D eigenvalue weighted by atomic mass is 35.5. The van der Waals surface area contributed by atoms with Crippen LogP contribution in [0.2, 0.25) is 5.02 Å². The highest BCUT2D eigenvalue weighted by Gasteiger charge is 2.26. The number of carbonyl (C=O) groups excluding carboxylic acids is 1. The monoisotopic (exact) mass is 282 g/mol. The summed E-state index contributed by atoms with van der Waals surface area (Å²) in [6, 6.07) is 0.199. The lowest BCUT2D eigenvalue weighted by Gasteiger charge is -2.31. The van der Waals surface area contributed by atoms with Gasteiger partial charge in [-0.15, -0.1) is 0 Å². The fourth-order valence-corrected chi connectivity index (χ4v) is 2.31. The maximum Gasteiger partial charge on any atom is 0.225 e. The second kappa shape index (κ2) is 6.19. The zero-order valence-electron chi connectivity index (χ0n) is 11.3. The highest BCUT2D eigenvalue weighted by molar-refractivity contribution is 6.30. The Kier molecular flexibility index (Phi) is 4.58. The van der Waals surface area contributed by atoms with Gasteiger partial charge in [0, 0.05) is 25.0 Å². The summed E-state index contributed by atoms with van der Waals surface area (Å²) in [4.78, 5) is 22.4. The molecule has 0 unspecified atom stereocenters. The van der Waals surface area contributed by atoms with Crippen molar-refractivity contribution >= 4 is 23.5 Å². The first-order chi connectivity index (χ1) is 9.06. The molecule has 0 radical (unpaired) electrons. The van der Waals surface area contributed by atoms with Crippen LogP contribution in [-0.2, 0) is 4.79 Å². The molecule has 6 heteroatoms. The van der Waals surface area contributed by atoms with Gasteiger partial charge in [-0.1, -0.05) is 11.6 Å². The number of nitrogens with zero attached hydrogens (tertiary/aromatic N) is 3. The third-order valence-corrected chi connectivity index (χ3v) is 3.38. The van der Waals surface area contributed by atoms with Crippen LogP contribution < -0.4 is 10.2 Å². The first-order valence-corrected chi connectivity index (χ1v) is 6.97. The molecule has 104 valence electrons. The molecule has 5 nitrogen and oxygen atoms in total. The van der Waals surface area contributed by atoms with Gasteiger partial charge >= 0.3 is 0 Å². The van der Waals surface area contributed by atoms with Crippen LogP contribution >= 0.6 is 11.6 Å². The van der Waals surface area contributed by atoms with Crippen molar-refractivity contribution in [3.63, 3.8) is 0 Å². The zero-order chi connectivity index (χ0) is 13.8. The molecule has 1 aromatic heterocycles. The molecule has 1 aliphatic rings. The average molecular weight is 283 g/mol. The van der Waals surface area contributed by atoms with Gasteiger partial charge in [-0.25, -0.2) is 9.97 Å². The summed E-state index contributed by atoms with van der Waals surface area (Å²) in [5, 5.41) is 3.51. The third-order valence-electron chi connectivity index (χ3n) is 3.19. The van der Waals surface area contributed by atoms with Gasteiger partial charge in [0.2, 0.25) is 11.9 Å². The predicted molar refractivity (Wildman–Crippen MR) is 75.3 cm³/mol. The molecular weight excluding hydrogens is 264 g/mol. The molecule has 1 N–H and O–H groups in total. The molecule has 0 aliphatic carbocycles. The van der Waals surface area contributed by atoms with Gasteiger partial charge in [-0.3, -0.25) is 4.79 Å². The van der Waals surface area contributed by atoms with Crippen LogP contribution in [0.3, 0.4) is 0 Å². The van der Waals surface area contributed by atoms with E-state index in [1.54, 1.807) is 12.4 Å². The van der Waals surface area contributed by atoms with Crippen LogP contribution in [0.1, 0.15) is 26.7 Å². The van der Waals surface area contributed by atoms with E-state index in [2.05, 4.69) is 20.2 Å². The van der Waals surface area contributed by atoms with Crippen LogP contribution in [0.25, 0.3) is 0 Å². The topological polar surface area (TPSA) is 58.1 Å². The number of rotatable bonds is 3. The Hall–Kier alpha value is -1.36. The summed E-state index contributed by atoms with van der Waals surface area (Å²) < 4.78 is 0. The first kappa shape index (κ1) is 14.1. The molecule has 0 atom stereocenters. The SMILES string of the molecule is CC(C)NC(=O)C1CCN(c2ncc(Cl)cn2)CC1. The zero-order valence-corrected chi connectivity index (χ0v) is 12.0.